The van der Waals surface area contributed by atoms with Gasteiger partial charge in [-0.25, -0.2) is 0 Å². The molecule has 0 spiro atoms. The quantitative estimate of drug-likeness (QED) is 0.910. The van der Waals surface area contributed by atoms with Crippen LogP contribution in [-0.4, -0.2) is 33.6 Å². The first-order valence-corrected chi connectivity index (χ1v) is 6.32. The molecule has 0 fully saturated rings. The van der Waals surface area contributed by atoms with Crippen LogP contribution in [0.2, 0.25) is 5.02 Å². The zero-order valence-corrected chi connectivity index (χ0v) is 11.6. The van der Waals surface area contributed by atoms with Crippen molar-refractivity contribution in [3.05, 3.63) is 46.5 Å². The highest BCUT2D eigenvalue weighted by Gasteiger charge is 2.20. The Morgan fingerprint density at radius 2 is 2.32 bits per heavy atom. The number of aliphatic hydroxyl groups excluding tert-OH is 1. The van der Waals surface area contributed by atoms with E-state index in [0.29, 0.717) is 23.9 Å². The zero-order valence-electron chi connectivity index (χ0n) is 10.9. The van der Waals surface area contributed by atoms with Crippen LogP contribution in [0.1, 0.15) is 23.1 Å². The van der Waals surface area contributed by atoms with E-state index in [4.69, 9.17) is 16.3 Å². The second-order valence-corrected chi connectivity index (χ2v) is 4.63. The fourth-order valence-corrected chi connectivity index (χ4v) is 2.14. The molecule has 19 heavy (non-hydrogen) atoms. The van der Waals surface area contributed by atoms with E-state index in [0.717, 1.165) is 11.3 Å². The molecule has 102 valence electrons. The first-order valence-electron chi connectivity index (χ1n) is 5.94. The summed E-state index contributed by atoms with van der Waals surface area (Å²) in [5, 5.41) is 15.0. The molecular formula is C13H16ClN3O2. The molecule has 0 aliphatic rings. The average molecular weight is 282 g/mol. The van der Waals surface area contributed by atoms with Crippen molar-refractivity contribution in [2.45, 2.75) is 19.6 Å². The highest BCUT2D eigenvalue weighted by molar-refractivity contribution is 6.31. The standard InChI is InChI=1S/C13H16ClN3O2/c1-9-7-10(3-4-15-9)13(18)12-11(14)8-16-17(12)5-6-19-2/h3-4,7-8,13,18H,5-6H2,1-2H3. The molecule has 1 unspecified atom stereocenters. The maximum absolute atomic E-state index is 10.5. The van der Waals surface area contributed by atoms with Gasteiger partial charge in [-0.1, -0.05) is 11.6 Å². The van der Waals surface area contributed by atoms with Crippen molar-refractivity contribution >= 4 is 11.6 Å². The fourth-order valence-electron chi connectivity index (χ4n) is 1.90. The van der Waals surface area contributed by atoms with Gasteiger partial charge in [0.1, 0.15) is 6.10 Å². The Labute approximate surface area is 116 Å². The zero-order chi connectivity index (χ0) is 13.8. The van der Waals surface area contributed by atoms with Crippen molar-refractivity contribution in [3.63, 3.8) is 0 Å². The third-order valence-corrected chi connectivity index (χ3v) is 3.13. The molecule has 5 nitrogen and oxygen atoms in total. The van der Waals surface area contributed by atoms with Gasteiger partial charge in [0.15, 0.2) is 0 Å². The molecule has 2 heterocycles. The molecule has 0 aliphatic heterocycles. The molecule has 0 amide bonds. The summed E-state index contributed by atoms with van der Waals surface area (Å²) in [6, 6.07) is 3.59. The van der Waals surface area contributed by atoms with Crippen molar-refractivity contribution in [2.24, 2.45) is 0 Å². The van der Waals surface area contributed by atoms with E-state index in [2.05, 4.69) is 10.1 Å². The summed E-state index contributed by atoms with van der Waals surface area (Å²) in [5.74, 6) is 0. The van der Waals surface area contributed by atoms with Crippen molar-refractivity contribution < 1.29 is 9.84 Å². The van der Waals surface area contributed by atoms with E-state index < -0.39 is 6.10 Å². The molecule has 0 saturated carbocycles. The van der Waals surface area contributed by atoms with Crippen molar-refractivity contribution in [3.8, 4) is 0 Å². The van der Waals surface area contributed by atoms with E-state index in [9.17, 15) is 5.11 Å². The van der Waals surface area contributed by atoms with Gasteiger partial charge in [-0.2, -0.15) is 5.10 Å². The maximum Gasteiger partial charge on any atom is 0.122 e. The highest BCUT2D eigenvalue weighted by Crippen LogP contribution is 2.28. The lowest BCUT2D eigenvalue weighted by molar-refractivity contribution is 0.171. The predicted molar refractivity (Wildman–Crippen MR) is 72.1 cm³/mol. The Hall–Kier alpha value is -1.43. The normalized spacial score (nSPS) is 12.6. The van der Waals surface area contributed by atoms with E-state index in [-0.39, 0.29) is 0 Å². The van der Waals surface area contributed by atoms with Gasteiger partial charge in [-0.3, -0.25) is 9.67 Å². The SMILES string of the molecule is COCCn1ncc(Cl)c1C(O)c1ccnc(C)c1. The molecule has 1 N–H and O–H groups in total. The van der Waals surface area contributed by atoms with Gasteiger partial charge in [0.25, 0.3) is 0 Å². The van der Waals surface area contributed by atoms with Gasteiger partial charge in [0, 0.05) is 19.0 Å². The predicted octanol–water partition coefficient (Wildman–Crippen LogP) is 1.97. The number of halogens is 1. The smallest absolute Gasteiger partial charge is 0.122 e. The molecule has 0 aromatic carbocycles. The van der Waals surface area contributed by atoms with Crippen LogP contribution in [0.25, 0.3) is 0 Å². The molecule has 0 saturated heterocycles. The van der Waals surface area contributed by atoms with Crippen LogP contribution in [0.5, 0.6) is 0 Å². The van der Waals surface area contributed by atoms with Crippen LogP contribution in [-0.2, 0) is 11.3 Å². The second kappa shape index (κ2) is 6.14. The van der Waals surface area contributed by atoms with E-state index in [1.165, 1.54) is 6.20 Å². The third kappa shape index (κ3) is 3.12. The molecule has 2 aromatic rings. The monoisotopic (exact) mass is 281 g/mol. The Morgan fingerprint density at radius 1 is 1.53 bits per heavy atom. The van der Waals surface area contributed by atoms with E-state index >= 15 is 0 Å². The summed E-state index contributed by atoms with van der Waals surface area (Å²) in [6.07, 6.45) is 2.37. The molecular weight excluding hydrogens is 266 g/mol. The number of aryl methyl sites for hydroxylation is 1. The Kier molecular flexibility index (Phi) is 4.52. The lowest BCUT2D eigenvalue weighted by atomic mass is 10.1. The molecule has 6 heteroatoms. The fraction of sp³-hybridized carbons (Fsp3) is 0.385. The van der Waals surface area contributed by atoms with Crippen LogP contribution >= 0.6 is 11.6 Å². The topological polar surface area (TPSA) is 60.2 Å². The molecule has 0 radical (unpaired) electrons. The molecule has 2 rings (SSSR count). The number of hydrogen-bond acceptors (Lipinski definition) is 4. The first kappa shape index (κ1) is 14.0. The lowest BCUT2D eigenvalue weighted by Crippen LogP contribution is -2.13. The second-order valence-electron chi connectivity index (χ2n) is 4.23. The van der Waals surface area contributed by atoms with Crippen LogP contribution in [0, 0.1) is 6.92 Å². The number of nitrogens with zero attached hydrogens (tertiary/aromatic N) is 3. The van der Waals surface area contributed by atoms with Crippen molar-refractivity contribution in [1.29, 1.82) is 0 Å². The highest BCUT2D eigenvalue weighted by atomic mass is 35.5. The van der Waals surface area contributed by atoms with Gasteiger partial charge >= 0.3 is 0 Å². The maximum atomic E-state index is 10.5. The minimum Gasteiger partial charge on any atom is -0.383 e. The summed E-state index contributed by atoms with van der Waals surface area (Å²) >= 11 is 6.11. The Balaban J connectivity index is 2.32. The number of hydrogen-bond donors (Lipinski definition) is 1. The van der Waals surface area contributed by atoms with Gasteiger partial charge < -0.3 is 9.84 Å². The largest absolute Gasteiger partial charge is 0.383 e. The number of aromatic nitrogens is 3. The lowest BCUT2D eigenvalue weighted by Gasteiger charge is -2.14. The molecule has 2 aromatic heterocycles. The minimum atomic E-state index is -0.825. The Bertz CT molecular complexity index is 557. The van der Waals surface area contributed by atoms with E-state index in [1.807, 2.05) is 13.0 Å². The minimum absolute atomic E-state index is 0.443. The van der Waals surface area contributed by atoms with Gasteiger partial charge in [0.05, 0.1) is 30.1 Å². The van der Waals surface area contributed by atoms with Crippen molar-refractivity contribution in [1.82, 2.24) is 14.8 Å². The summed E-state index contributed by atoms with van der Waals surface area (Å²) in [7, 11) is 1.62. The van der Waals surface area contributed by atoms with Gasteiger partial charge in [-0.05, 0) is 24.6 Å². The number of pyridine rings is 1. The van der Waals surface area contributed by atoms with Crippen LogP contribution in [0.4, 0.5) is 0 Å². The van der Waals surface area contributed by atoms with Gasteiger partial charge in [0.2, 0.25) is 0 Å². The average Bonchev–Trinajstić information content (AvgIpc) is 2.76. The van der Waals surface area contributed by atoms with Crippen LogP contribution in [0.3, 0.4) is 0 Å². The third-order valence-electron chi connectivity index (χ3n) is 2.84. The summed E-state index contributed by atoms with van der Waals surface area (Å²) < 4.78 is 6.68. The van der Waals surface area contributed by atoms with Crippen LogP contribution < -0.4 is 0 Å². The number of aliphatic hydroxyl groups is 1. The number of ether oxygens (including phenoxy) is 1. The molecule has 1 atom stereocenters. The van der Waals surface area contributed by atoms with Crippen molar-refractivity contribution in [2.75, 3.05) is 13.7 Å². The van der Waals surface area contributed by atoms with Crippen LogP contribution in [0.15, 0.2) is 24.5 Å². The number of rotatable bonds is 5. The number of methoxy groups -OCH3 is 1. The summed E-state index contributed by atoms with van der Waals surface area (Å²) in [6.45, 7) is 2.92. The Morgan fingerprint density at radius 3 is 3.00 bits per heavy atom. The van der Waals surface area contributed by atoms with E-state index in [1.54, 1.807) is 24.1 Å². The summed E-state index contributed by atoms with van der Waals surface area (Å²) in [4.78, 5) is 4.11. The molecule has 0 aliphatic carbocycles. The van der Waals surface area contributed by atoms with Gasteiger partial charge in [-0.15, -0.1) is 0 Å². The summed E-state index contributed by atoms with van der Waals surface area (Å²) in [5.41, 5.74) is 2.16. The first-order chi connectivity index (χ1) is 9.13. The molecule has 0 bridgehead atoms.